The Morgan fingerprint density at radius 1 is 1.29 bits per heavy atom. The van der Waals surface area contributed by atoms with Gasteiger partial charge in [0.2, 0.25) is 0 Å². The lowest BCUT2D eigenvalue weighted by Crippen LogP contribution is -2.12. The highest BCUT2D eigenvalue weighted by molar-refractivity contribution is 7.92. The number of sulfonamides is 1. The average molecular weight is 307 g/mol. The van der Waals surface area contributed by atoms with Gasteiger partial charge in [0.05, 0.1) is 0 Å². The van der Waals surface area contributed by atoms with Crippen molar-refractivity contribution in [1.82, 2.24) is 4.57 Å². The number of nitrogens with two attached hydrogens (primary N) is 1. The monoisotopic (exact) mass is 307 g/mol. The maximum absolute atomic E-state index is 12.4. The van der Waals surface area contributed by atoms with Crippen LogP contribution < -0.4 is 10.5 Å². The van der Waals surface area contributed by atoms with Gasteiger partial charge in [-0.25, -0.2) is 8.42 Å². The molecule has 0 atom stereocenters. The minimum atomic E-state index is -3.59. The molecule has 0 aliphatic rings. The van der Waals surface area contributed by atoms with Gasteiger partial charge in [-0.05, 0) is 29.7 Å². The molecular weight excluding hydrogens is 286 g/mol. The van der Waals surface area contributed by atoms with Gasteiger partial charge in [-0.3, -0.25) is 4.72 Å². The summed E-state index contributed by atoms with van der Waals surface area (Å²) in [5.74, 6) is 0.343. The highest BCUT2D eigenvalue weighted by atomic mass is 32.2. The third-order valence-corrected chi connectivity index (χ3v) is 4.76. The molecule has 0 bridgehead atoms. The Balaban J connectivity index is 2.30. The summed E-state index contributed by atoms with van der Waals surface area (Å²) in [5.41, 5.74) is 8.00. The smallest absolute Gasteiger partial charge is 0.263 e. The van der Waals surface area contributed by atoms with Crippen molar-refractivity contribution in [3.8, 4) is 0 Å². The Morgan fingerprint density at radius 2 is 2.00 bits per heavy atom. The average Bonchev–Trinajstić information content (AvgIpc) is 2.80. The van der Waals surface area contributed by atoms with E-state index in [0.717, 1.165) is 11.3 Å². The van der Waals surface area contributed by atoms with E-state index in [1.54, 1.807) is 29.9 Å². The van der Waals surface area contributed by atoms with Gasteiger partial charge in [0.15, 0.2) is 0 Å². The zero-order valence-corrected chi connectivity index (χ0v) is 13.3. The number of benzene rings is 1. The number of aromatic nitrogens is 1. The quantitative estimate of drug-likeness (QED) is 0.890. The largest absolute Gasteiger partial charge is 0.352 e. The Kier molecular flexibility index (Phi) is 4.39. The number of aryl methyl sites for hydroxylation is 1. The van der Waals surface area contributed by atoms with Crippen LogP contribution in [0.25, 0.3) is 0 Å². The molecule has 0 spiro atoms. The van der Waals surface area contributed by atoms with Gasteiger partial charge >= 0.3 is 0 Å². The van der Waals surface area contributed by atoms with Crippen LogP contribution in [-0.2, 0) is 23.6 Å². The molecule has 0 saturated carbocycles. The summed E-state index contributed by atoms with van der Waals surface area (Å²) in [5, 5.41) is 0. The number of nitrogens with zero attached hydrogens (tertiary/aromatic N) is 1. The van der Waals surface area contributed by atoms with Crippen molar-refractivity contribution in [3.05, 3.63) is 47.8 Å². The van der Waals surface area contributed by atoms with E-state index < -0.39 is 10.0 Å². The SMILES string of the molecule is CC(C)c1cccc(NS(=O)(=O)c2cc(CN)n(C)c2)c1. The van der Waals surface area contributed by atoms with Crippen LogP contribution >= 0.6 is 0 Å². The van der Waals surface area contributed by atoms with Crippen LogP contribution in [0.3, 0.4) is 0 Å². The van der Waals surface area contributed by atoms with E-state index >= 15 is 0 Å². The van der Waals surface area contributed by atoms with Crippen molar-refractivity contribution >= 4 is 15.7 Å². The second-order valence-electron chi connectivity index (χ2n) is 5.37. The summed E-state index contributed by atoms with van der Waals surface area (Å²) in [6, 6.07) is 9.03. The molecule has 2 rings (SSSR count). The standard InChI is InChI=1S/C15H21N3O2S/c1-11(2)12-5-4-6-13(7-12)17-21(19,20)15-8-14(9-16)18(3)10-15/h4-8,10-11,17H,9,16H2,1-3H3. The van der Waals surface area contributed by atoms with Gasteiger partial charge in [0.1, 0.15) is 4.90 Å². The number of nitrogens with one attached hydrogen (secondary N) is 1. The lowest BCUT2D eigenvalue weighted by atomic mass is 10.0. The summed E-state index contributed by atoms with van der Waals surface area (Å²) in [7, 11) is -1.82. The Labute approximate surface area is 125 Å². The highest BCUT2D eigenvalue weighted by Crippen LogP contribution is 2.22. The van der Waals surface area contributed by atoms with Crippen molar-refractivity contribution in [2.24, 2.45) is 12.8 Å². The Hall–Kier alpha value is -1.79. The van der Waals surface area contributed by atoms with E-state index in [2.05, 4.69) is 18.6 Å². The molecule has 6 heteroatoms. The maximum Gasteiger partial charge on any atom is 0.263 e. The van der Waals surface area contributed by atoms with Crippen LogP contribution in [0.2, 0.25) is 0 Å². The zero-order chi connectivity index (χ0) is 15.6. The van der Waals surface area contributed by atoms with E-state index in [1.165, 1.54) is 0 Å². The van der Waals surface area contributed by atoms with Gasteiger partial charge in [0.25, 0.3) is 10.0 Å². The van der Waals surface area contributed by atoms with Crippen molar-refractivity contribution in [3.63, 3.8) is 0 Å². The van der Waals surface area contributed by atoms with Gasteiger partial charge in [-0.1, -0.05) is 26.0 Å². The van der Waals surface area contributed by atoms with Gasteiger partial charge < -0.3 is 10.3 Å². The predicted molar refractivity (Wildman–Crippen MR) is 84.6 cm³/mol. The van der Waals surface area contributed by atoms with Crippen molar-refractivity contribution < 1.29 is 8.42 Å². The minimum Gasteiger partial charge on any atom is -0.352 e. The van der Waals surface area contributed by atoms with Crippen LogP contribution in [0.4, 0.5) is 5.69 Å². The fourth-order valence-electron chi connectivity index (χ4n) is 2.10. The molecule has 5 nitrogen and oxygen atoms in total. The van der Waals surface area contributed by atoms with Crippen molar-refractivity contribution in [1.29, 1.82) is 0 Å². The molecule has 1 aromatic heterocycles. The second-order valence-corrected chi connectivity index (χ2v) is 7.05. The number of rotatable bonds is 5. The molecule has 0 saturated heterocycles. The molecular formula is C15H21N3O2S. The maximum atomic E-state index is 12.4. The number of hydrogen-bond donors (Lipinski definition) is 2. The van der Waals surface area contributed by atoms with E-state index in [0.29, 0.717) is 18.2 Å². The zero-order valence-electron chi connectivity index (χ0n) is 12.5. The lowest BCUT2D eigenvalue weighted by Gasteiger charge is -2.10. The normalized spacial score (nSPS) is 11.9. The van der Waals surface area contributed by atoms with Crippen molar-refractivity contribution in [2.45, 2.75) is 31.2 Å². The molecule has 0 fully saturated rings. The Morgan fingerprint density at radius 3 is 2.57 bits per heavy atom. The topological polar surface area (TPSA) is 77.1 Å². The van der Waals surface area contributed by atoms with Crippen LogP contribution in [0.15, 0.2) is 41.4 Å². The summed E-state index contributed by atoms with van der Waals surface area (Å²) in [4.78, 5) is 0.223. The molecule has 0 radical (unpaired) electrons. The summed E-state index contributed by atoms with van der Waals surface area (Å²) in [6.45, 7) is 4.44. The van der Waals surface area contributed by atoms with Crippen molar-refractivity contribution in [2.75, 3.05) is 4.72 Å². The number of hydrogen-bond acceptors (Lipinski definition) is 3. The predicted octanol–water partition coefficient (Wildman–Crippen LogP) is 2.41. The number of anilines is 1. The van der Waals surface area contributed by atoms with Gasteiger partial charge in [-0.2, -0.15) is 0 Å². The van der Waals surface area contributed by atoms with Crippen LogP contribution in [0.1, 0.15) is 31.0 Å². The molecule has 1 heterocycles. The first-order valence-corrected chi connectivity index (χ1v) is 8.30. The molecule has 0 aliphatic heterocycles. The lowest BCUT2D eigenvalue weighted by molar-refractivity contribution is 0.601. The van der Waals surface area contributed by atoms with Crippen LogP contribution in [0.5, 0.6) is 0 Å². The van der Waals surface area contributed by atoms with E-state index in [9.17, 15) is 8.42 Å². The third kappa shape index (κ3) is 3.46. The summed E-state index contributed by atoms with van der Waals surface area (Å²) < 4.78 is 29.1. The molecule has 1 aromatic carbocycles. The molecule has 2 aromatic rings. The molecule has 0 aliphatic carbocycles. The molecule has 3 N–H and O–H groups in total. The van der Waals surface area contributed by atoms with E-state index in [4.69, 9.17) is 5.73 Å². The van der Waals surface area contributed by atoms with Crippen LogP contribution in [-0.4, -0.2) is 13.0 Å². The van der Waals surface area contributed by atoms with Gasteiger partial charge in [-0.15, -0.1) is 0 Å². The van der Waals surface area contributed by atoms with Gasteiger partial charge in [0, 0.05) is 31.2 Å². The highest BCUT2D eigenvalue weighted by Gasteiger charge is 2.17. The first-order valence-electron chi connectivity index (χ1n) is 6.81. The summed E-state index contributed by atoms with van der Waals surface area (Å²) in [6.07, 6.45) is 1.57. The van der Waals surface area contributed by atoms with E-state index in [-0.39, 0.29) is 4.90 Å². The fourth-order valence-corrected chi connectivity index (χ4v) is 3.25. The Bertz CT molecular complexity index is 733. The molecule has 0 unspecified atom stereocenters. The second kappa shape index (κ2) is 5.91. The summed E-state index contributed by atoms with van der Waals surface area (Å²) >= 11 is 0. The van der Waals surface area contributed by atoms with E-state index in [1.807, 2.05) is 18.2 Å². The third-order valence-electron chi connectivity index (χ3n) is 3.41. The fraction of sp³-hybridized carbons (Fsp3) is 0.333. The first kappa shape index (κ1) is 15.6. The molecule has 114 valence electrons. The molecule has 0 amide bonds. The van der Waals surface area contributed by atoms with Crippen LogP contribution in [0, 0.1) is 0 Å². The first-order chi connectivity index (χ1) is 9.83. The minimum absolute atomic E-state index is 0.223. The molecule has 21 heavy (non-hydrogen) atoms.